The van der Waals surface area contributed by atoms with Crippen molar-refractivity contribution in [2.75, 3.05) is 31.6 Å². The topological polar surface area (TPSA) is 88.1 Å². The number of carboxylic acid groups (broad SMARTS) is 1. The van der Waals surface area contributed by atoms with E-state index < -0.39 is 12.0 Å². The minimum absolute atomic E-state index is 0.143. The zero-order valence-corrected chi connectivity index (χ0v) is 16.4. The first kappa shape index (κ1) is 18.8. The summed E-state index contributed by atoms with van der Waals surface area (Å²) in [6, 6.07) is 13.2. The molecule has 30 heavy (non-hydrogen) atoms. The summed E-state index contributed by atoms with van der Waals surface area (Å²) in [5, 5.41) is 12.3. The smallest absolute Gasteiger partial charge is 0.323 e. The second kappa shape index (κ2) is 7.59. The lowest BCUT2D eigenvalue weighted by molar-refractivity contribution is -0.149. The highest BCUT2D eigenvalue weighted by atomic mass is 16.5. The molecule has 3 aliphatic heterocycles. The van der Waals surface area contributed by atoms with Gasteiger partial charge in [0.15, 0.2) is 0 Å². The van der Waals surface area contributed by atoms with Crippen molar-refractivity contribution in [3.63, 3.8) is 0 Å². The number of carboxylic acids is 1. The van der Waals surface area contributed by atoms with Gasteiger partial charge in [-0.05, 0) is 18.1 Å². The molecule has 7 nitrogen and oxygen atoms in total. The van der Waals surface area contributed by atoms with Crippen LogP contribution in [0.1, 0.15) is 22.3 Å². The number of carbonyl (C=O) groups is 2. The molecule has 0 saturated carbocycles. The molecular weight excluding hydrogens is 384 g/mol. The van der Waals surface area contributed by atoms with Gasteiger partial charge in [0.2, 0.25) is 0 Å². The fourth-order valence-corrected chi connectivity index (χ4v) is 4.33. The predicted octanol–water partition coefficient (Wildman–Crippen LogP) is 2.37. The van der Waals surface area contributed by atoms with Crippen LogP contribution in [0.2, 0.25) is 0 Å². The number of hydrogen-bond donors (Lipinski definition) is 2. The molecule has 1 saturated heterocycles. The molecule has 2 aromatic carbocycles. The molecule has 0 bridgehead atoms. The number of hydrogen-bond acceptors (Lipinski definition) is 5. The molecule has 3 aliphatic rings. The van der Waals surface area contributed by atoms with E-state index in [0.717, 1.165) is 34.4 Å². The third-order valence-corrected chi connectivity index (χ3v) is 5.90. The number of benzene rings is 2. The van der Waals surface area contributed by atoms with Crippen LogP contribution in [0.4, 0.5) is 5.69 Å². The van der Waals surface area contributed by atoms with Crippen molar-refractivity contribution in [2.24, 2.45) is 0 Å². The number of morpholine rings is 1. The van der Waals surface area contributed by atoms with E-state index in [1.54, 1.807) is 0 Å². The molecule has 1 atom stereocenters. The van der Waals surface area contributed by atoms with E-state index in [2.05, 4.69) is 11.4 Å². The van der Waals surface area contributed by atoms with Crippen LogP contribution in [0.5, 0.6) is 0 Å². The van der Waals surface area contributed by atoms with Gasteiger partial charge in [-0.25, -0.2) is 0 Å². The monoisotopic (exact) mass is 406 g/mol. The molecule has 1 unspecified atom stereocenters. The number of carbonyl (C=O) groups excluding carboxylic acids is 1. The highest BCUT2D eigenvalue weighted by molar-refractivity contribution is 6.36. The number of para-hydroxylation sites is 1. The molecular formula is C23H22N2O5. The van der Waals surface area contributed by atoms with Crippen molar-refractivity contribution < 1.29 is 24.2 Å². The number of fused-ring (bicyclic) bond motifs is 2. The van der Waals surface area contributed by atoms with Crippen LogP contribution in [-0.2, 0) is 32.1 Å². The van der Waals surface area contributed by atoms with Crippen molar-refractivity contribution in [1.29, 1.82) is 0 Å². The fourth-order valence-electron chi connectivity index (χ4n) is 4.33. The predicted molar refractivity (Wildman–Crippen MR) is 111 cm³/mol. The molecule has 0 aromatic heterocycles. The largest absolute Gasteiger partial charge is 0.487 e. The SMILES string of the molecule is O=C1Nc2ccccc2/C1=C1\OCc2cc(CCN3CCOCC3C(=O)O)ccc21. The van der Waals surface area contributed by atoms with Crippen molar-refractivity contribution in [3.8, 4) is 0 Å². The number of ether oxygens (including phenoxy) is 2. The summed E-state index contributed by atoms with van der Waals surface area (Å²) in [6.45, 7) is 2.49. The molecule has 1 fully saturated rings. The number of aliphatic carboxylic acids is 1. The Kier molecular flexibility index (Phi) is 4.77. The zero-order chi connectivity index (χ0) is 20.7. The van der Waals surface area contributed by atoms with Crippen LogP contribution in [0.25, 0.3) is 11.3 Å². The van der Waals surface area contributed by atoms with Gasteiger partial charge in [0.05, 0.1) is 18.8 Å². The minimum Gasteiger partial charge on any atom is -0.487 e. The third-order valence-electron chi connectivity index (χ3n) is 5.90. The highest BCUT2D eigenvalue weighted by Crippen LogP contribution is 2.41. The van der Waals surface area contributed by atoms with Crippen LogP contribution in [0.3, 0.4) is 0 Å². The fraction of sp³-hybridized carbons (Fsp3) is 0.304. The molecule has 7 heteroatoms. The second-order valence-corrected chi connectivity index (χ2v) is 7.70. The van der Waals surface area contributed by atoms with E-state index >= 15 is 0 Å². The average Bonchev–Trinajstić information content (AvgIpc) is 3.31. The molecule has 5 rings (SSSR count). The Labute approximate surface area is 173 Å². The van der Waals surface area contributed by atoms with Crippen molar-refractivity contribution in [2.45, 2.75) is 19.1 Å². The normalized spacial score (nSPS) is 22.9. The first-order chi connectivity index (χ1) is 14.6. The third kappa shape index (κ3) is 3.26. The van der Waals surface area contributed by atoms with Crippen LogP contribution < -0.4 is 5.32 Å². The van der Waals surface area contributed by atoms with Gasteiger partial charge in [-0.15, -0.1) is 0 Å². The first-order valence-corrected chi connectivity index (χ1v) is 10.1. The maximum Gasteiger partial charge on any atom is 0.323 e. The Balaban J connectivity index is 1.37. The number of nitrogens with zero attached hydrogens (tertiary/aromatic N) is 1. The molecule has 2 aromatic rings. The van der Waals surface area contributed by atoms with Crippen molar-refractivity contribution in [1.82, 2.24) is 4.90 Å². The summed E-state index contributed by atoms with van der Waals surface area (Å²) in [4.78, 5) is 25.9. The molecule has 2 N–H and O–H groups in total. The Morgan fingerprint density at radius 3 is 2.93 bits per heavy atom. The number of amides is 1. The minimum atomic E-state index is -0.844. The van der Waals surface area contributed by atoms with E-state index in [-0.39, 0.29) is 12.5 Å². The van der Waals surface area contributed by atoms with Gasteiger partial charge in [0.25, 0.3) is 5.91 Å². The van der Waals surface area contributed by atoms with Gasteiger partial charge in [-0.3, -0.25) is 14.5 Å². The maximum absolute atomic E-state index is 12.5. The Bertz CT molecular complexity index is 1060. The second-order valence-electron chi connectivity index (χ2n) is 7.70. The molecule has 0 spiro atoms. The van der Waals surface area contributed by atoms with E-state index in [1.165, 1.54) is 0 Å². The van der Waals surface area contributed by atoms with Gasteiger partial charge in [0.1, 0.15) is 18.4 Å². The summed E-state index contributed by atoms with van der Waals surface area (Å²) in [5.41, 5.74) is 5.35. The lowest BCUT2D eigenvalue weighted by Gasteiger charge is -2.32. The Morgan fingerprint density at radius 1 is 1.20 bits per heavy atom. The first-order valence-electron chi connectivity index (χ1n) is 10.1. The van der Waals surface area contributed by atoms with E-state index in [1.807, 2.05) is 41.3 Å². The van der Waals surface area contributed by atoms with Gasteiger partial charge < -0.3 is 19.9 Å². The van der Waals surface area contributed by atoms with Crippen LogP contribution >= 0.6 is 0 Å². The highest BCUT2D eigenvalue weighted by Gasteiger charge is 2.32. The van der Waals surface area contributed by atoms with Gasteiger partial charge in [-0.1, -0.05) is 36.4 Å². The Morgan fingerprint density at radius 2 is 2.07 bits per heavy atom. The molecule has 0 radical (unpaired) electrons. The van der Waals surface area contributed by atoms with Gasteiger partial charge in [-0.2, -0.15) is 0 Å². The average molecular weight is 406 g/mol. The van der Waals surface area contributed by atoms with Crippen LogP contribution in [-0.4, -0.2) is 54.2 Å². The summed E-state index contributed by atoms with van der Waals surface area (Å²) in [6.07, 6.45) is 0.742. The summed E-state index contributed by atoms with van der Waals surface area (Å²) < 4.78 is 11.3. The van der Waals surface area contributed by atoms with E-state index in [9.17, 15) is 14.7 Å². The molecule has 3 heterocycles. The number of rotatable bonds is 4. The lowest BCUT2D eigenvalue weighted by atomic mass is 9.98. The zero-order valence-electron chi connectivity index (χ0n) is 16.4. The van der Waals surface area contributed by atoms with Crippen LogP contribution in [0, 0.1) is 0 Å². The quantitative estimate of drug-likeness (QED) is 0.758. The van der Waals surface area contributed by atoms with Crippen molar-refractivity contribution in [3.05, 3.63) is 64.7 Å². The van der Waals surface area contributed by atoms with Gasteiger partial charge >= 0.3 is 5.97 Å². The van der Waals surface area contributed by atoms with Crippen LogP contribution in [0.15, 0.2) is 42.5 Å². The molecule has 154 valence electrons. The Hall–Kier alpha value is -3.16. The lowest BCUT2D eigenvalue weighted by Crippen LogP contribution is -2.50. The summed E-state index contributed by atoms with van der Waals surface area (Å²) >= 11 is 0. The van der Waals surface area contributed by atoms with E-state index in [4.69, 9.17) is 9.47 Å². The maximum atomic E-state index is 12.5. The molecule has 1 amide bonds. The number of nitrogens with one attached hydrogen (secondary N) is 1. The summed E-state index contributed by atoms with van der Waals surface area (Å²) in [7, 11) is 0. The standard InChI is InChI=1S/C23H22N2O5/c26-22-20(17-3-1-2-4-18(17)24-22)21-16-6-5-14(11-15(16)12-30-21)7-8-25-9-10-29-13-19(25)23(27)28/h1-6,11,19H,7-10,12-13H2,(H,24,26)(H,27,28)/b21-20+. The van der Waals surface area contributed by atoms with E-state index in [0.29, 0.717) is 37.6 Å². The molecule has 0 aliphatic carbocycles. The summed E-state index contributed by atoms with van der Waals surface area (Å²) in [5.74, 6) is -0.364. The number of anilines is 1. The van der Waals surface area contributed by atoms with Crippen molar-refractivity contribution >= 4 is 28.9 Å². The van der Waals surface area contributed by atoms with Gasteiger partial charge in [0, 0.05) is 35.5 Å².